The van der Waals surface area contributed by atoms with Crippen molar-refractivity contribution in [2.45, 2.75) is 112 Å². The third kappa shape index (κ3) is 7.34. The quantitative estimate of drug-likeness (QED) is 0.0924. The standard InChI is InChI=1S/C46H59N9O3/c1-11-12-29(26-13-14-26)41(56)53-37(43(2,3)4)39-49-30-17-15-27(21-32(30)51-39)34-24-48-35(25-47-34)28-16-18-31-33(22-28)52-40(50-31)38(44(5,6)7)54-42(57)46(45(8)19-20-45)23-36(58-46)55(9)10/h15-18,21-26,29,37-38H,11-14,19-20H2,1-10H3,(H,49,51)(H,50,52)(H,53,56)(H,54,57)/t29-,37+,38+,46-/m0/s1. The van der Waals surface area contributed by atoms with E-state index in [0.717, 1.165) is 88.9 Å². The Labute approximate surface area is 341 Å². The van der Waals surface area contributed by atoms with E-state index in [-0.39, 0.29) is 46.1 Å². The molecule has 12 nitrogen and oxygen atoms in total. The second-order valence-corrected chi connectivity index (χ2v) is 19.6. The van der Waals surface area contributed by atoms with Crippen LogP contribution in [-0.2, 0) is 14.3 Å². The summed E-state index contributed by atoms with van der Waals surface area (Å²) in [5.41, 5.74) is 4.85. The molecule has 0 radical (unpaired) electrons. The van der Waals surface area contributed by atoms with E-state index < -0.39 is 5.60 Å². The molecule has 4 heterocycles. The predicted molar refractivity (Wildman–Crippen MR) is 227 cm³/mol. The highest BCUT2D eigenvalue weighted by Gasteiger charge is 2.66. The number of aromatic nitrogens is 6. The second kappa shape index (κ2) is 14.2. The Morgan fingerprint density at radius 2 is 1.34 bits per heavy atom. The number of hydrogen-bond acceptors (Lipinski definition) is 8. The molecule has 4 atom stereocenters. The lowest BCUT2D eigenvalue weighted by atomic mass is 9.79. The van der Waals surface area contributed by atoms with Gasteiger partial charge in [0.05, 0.1) is 57.9 Å². The lowest BCUT2D eigenvalue weighted by molar-refractivity contribution is -0.157. The molecule has 3 aromatic heterocycles. The summed E-state index contributed by atoms with van der Waals surface area (Å²) in [6.45, 7) is 17.0. The number of H-pyrrole nitrogens is 2. The molecule has 2 aliphatic carbocycles. The Kier molecular flexibility index (Phi) is 9.71. The molecule has 3 aliphatic rings. The van der Waals surface area contributed by atoms with Gasteiger partial charge in [0, 0.05) is 42.6 Å². The molecule has 0 unspecified atom stereocenters. The normalized spacial score (nSPS) is 20.4. The summed E-state index contributed by atoms with van der Waals surface area (Å²) in [5.74, 6) is 2.74. The van der Waals surface area contributed by atoms with Gasteiger partial charge in [-0.3, -0.25) is 19.6 Å². The fourth-order valence-electron chi connectivity index (χ4n) is 8.35. The highest BCUT2D eigenvalue weighted by molar-refractivity contribution is 5.91. The first-order chi connectivity index (χ1) is 27.4. The van der Waals surface area contributed by atoms with Crippen LogP contribution in [0, 0.1) is 28.1 Å². The summed E-state index contributed by atoms with van der Waals surface area (Å²) < 4.78 is 6.27. The van der Waals surface area contributed by atoms with E-state index in [1.807, 2.05) is 61.5 Å². The first-order valence-corrected chi connectivity index (χ1v) is 20.9. The van der Waals surface area contributed by atoms with Gasteiger partial charge >= 0.3 is 0 Å². The van der Waals surface area contributed by atoms with Crippen LogP contribution in [0.5, 0.6) is 0 Å². The van der Waals surface area contributed by atoms with Crippen LogP contribution >= 0.6 is 0 Å². The summed E-state index contributed by atoms with van der Waals surface area (Å²) >= 11 is 0. The minimum atomic E-state index is -0.992. The van der Waals surface area contributed by atoms with Crippen molar-refractivity contribution in [1.29, 1.82) is 0 Å². The third-order valence-electron chi connectivity index (χ3n) is 12.5. The summed E-state index contributed by atoms with van der Waals surface area (Å²) in [6.07, 6.45) is 11.6. The molecule has 12 heteroatoms. The maximum absolute atomic E-state index is 14.1. The van der Waals surface area contributed by atoms with Gasteiger partial charge in [-0.15, -0.1) is 0 Å². The van der Waals surface area contributed by atoms with Gasteiger partial charge < -0.3 is 30.2 Å². The van der Waals surface area contributed by atoms with Gasteiger partial charge in [-0.2, -0.15) is 0 Å². The largest absolute Gasteiger partial charge is 0.458 e. The molecule has 2 saturated carbocycles. The molecule has 2 aromatic carbocycles. The summed E-state index contributed by atoms with van der Waals surface area (Å²) in [7, 11) is 3.84. The van der Waals surface area contributed by atoms with E-state index in [9.17, 15) is 9.59 Å². The number of hydrogen-bond donors (Lipinski definition) is 4. The zero-order valence-corrected chi connectivity index (χ0v) is 35.7. The lowest BCUT2D eigenvalue weighted by Gasteiger charge is -2.46. The van der Waals surface area contributed by atoms with Crippen LogP contribution in [0.2, 0.25) is 0 Å². The van der Waals surface area contributed by atoms with Gasteiger partial charge in [0.2, 0.25) is 11.5 Å². The number of benzene rings is 2. The van der Waals surface area contributed by atoms with Crippen molar-refractivity contribution in [3.05, 3.63) is 72.4 Å². The zero-order chi connectivity index (χ0) is 41.4. The van der Waals surface area contributed by atoms with Crippen molar-refractivity contribution in [1.82, 2.24) is 45.4 Å². The zero-order valence-electron chi connectivity index (χ0n) is 35.7. The summed E-state index contributed by atoms with van der Waals surface area (Å²) in [4.78, 5) is 56.0. The number of aromatic amines is 2. The first-order valence-electron chi connectivity index (χ1n) is 20.9. The summed E-state index contributed by atoms with van der Waals surface area (Å²) in [5, 5.41) is 6.71. The van der Waals surface area contributed by atoms with E-state index in [1.165, 1.54) is 0 Å². The molecule has 4 N–H and O–H groups in total. The minimum Gasteiger partial charge on any atom is -0.458 e. The van der Waals surface area contributed by atoms with Crippen LogP contribution in [-0.4, -0.2) is 66.3 Å². The van der Waals surface area contributed by atoms with Crippen LogP contribution in [0.15, 0.2) is 60.8 Å². The molecule has 5 aromatic rings. The van der Waals surface area contributed by atoms with Gasteiger partial charge in [-0.05, 0) is 73.1 Å². The van der Waals surface area contributed by atoms with Crippen LogP contribution < -0.4 is 10.6 Å². The number of carbonyl (C=O) groups is 2. The van der Waals surface area contributed by atoms with Gasteiger partial charge in [0.1, 0.15) is 11.6 Å². The summed E-state index contributed by atoms with van der Waals surface area (Å²) in [6, 6.07) is 11.4. The Bertz CT molecular complexity index is 2390. The Balaban J connectivity index is 1.00. The molecule has 0 spiro atoms. The number of imidazole rings is 2. The number of carbonyl (C=O) groups excluding carboxylic acids is 2. The lowest BCUT2D eigenvalue weighted by Crippen LogP contribution is -2.60. The van der Waals surface area contributed by atoms with Crippen molar-refractivity contribution in [2.75, 3.05) is 14.1 Å². The van der Waals surface area contributed by atoms with Gasteiger partial charge in [0.25, 0.3) is 5.91 Å². The third-order valence-corrected chi connectivity index (χ3v) is 12.5. The smallest absolute Gasteiger partial charge is 0.269 e. The number of nitrogens with one attached hydrogen (secondary N) is 4. The van der Waals surface area contributed by atoms with Crippen LogP contribution in [0.25, 0.3) is 44.6 Å². The average Bonchev–Trinajstić information content (AvgIpc) is 4.04. The fourth-order valence-corrected chi connectivity index (χ4v) is 8.35. The van der Waals surface area contributed by atoms with E-state index in [0.29, 0.717) is 17.6 Å². The van der Waals surface area contributed by atoms with Gasteiger partial charge in [-0.1, -0.05) is 73.9 Å². The maximum Gasteiger partial charge on any atom is 0.269 e. The number of fused-ring (bicyclic) bond motifs is 2. The second-order valence-electron chi connectivity index (χ2n) is 19.6. The molecule has 58 heavy (non-hydrogen) atoms. The van der Waals surface area contributed by atoms with Gasteiger partial charge in [-0.25, -0.2) is 9.97 Å². The van der Waals surface area contributed by atoms with Crippen LogP contribution in [0.4, 0.5) is 0 Å². The minimum absolute atomic E-state index is 0.0670. The molecule has 0 saturated heterocycles. The molecular weight excluding hydrogens is 727 g/mol. The van der Waals surface area contributed by atoms with Gasteiger partial charge in [0.15, 0.2) is 5.88 Å². The average molecular weight is 786 g/mol. The van der Waals surface area contributed by atoms with E-state index in [4.69, 9.17) is 24.7 Å². The number of rotatable bonds is 13. The SMILES string of the molecule is CCC[C@H](C(=O)N[C@H](c1nc2ccc(-c3cnc(-c4ccc5nc([C@@H](NC(=O)[C@]6(C7(C)CC7)C=C(N(C)C)O6)C(C)(C)C)[nH]c5c4)cn3)cc2[nH]1)C(C)(C)C)C1CC1. The number of nitrogens with zero attached hydrogens (tertiary/aromatic N) is 5. The van der Waals surface area contributed by atoms with E-state index >= 15 is 0 Å². The van der Waals surface area contributed by atoms with Crippen LogP contribution in [0.3, 0.4) is 0 Å². The molecule has 0 bridgehead atoms. The first kappa shape index (κ1) is 39.6. The molecule has 8 rings (SSSR count). The highest BCUT2D eigenvalue weighted by Crippen LogP contribution is 2.60. The number of amides is 2. The molecule has 306 valence electrons. The fraction of sp³-hybridized carbons (Fsp3) is 0.522. The van der Waals surface area contributed by atoms with Crippen molar-refractivity contribution in [2.24, 2.45) is 28.1 Å². The Morgan fingerprint density at radius 3 is 1.76 bits per heavy atom. The monoisotopic (exact) mass is 785 g/mol. The topological polar surface area (TPSA) is 154 Å². The van der Waals surface area contributed by atoms with E-state index in [2.05, 4.69) is 76.0 Å². The number of ether oxygens (including phenoxy) is 1. The van der Waals surface area contributed by atoms with Crippen molar-refractivity contribution in [3.63, 3.8) is 0 Å². The van der Waals surface area contributed by atoms with Crippen LogP contribution in [0.1, 0.15) is 118 Å². The maximum atomic E-state index is 14.1. The highest BCUT2D eigenvalue weighted by atomic mass is 16.5. The predicted octanol–water partition coefficient (Wildman–Crippen LogP) is 8.77. The molecule has 1 aliphatic heterocycles. The Morgan fingerprint density at radius 1 is 0.845 bits per heavy atom. The molecule has 2 fully saturated rings. The van der Waals surface area contributed by atoms with Crippen molar-refractivity contribution >= 4 is 33.9 Å². The molecular formula is C46H59N9O3. The van der Waals surface area contributed by atoms with Crippen molar-refractivity contribution in [3.8, 4) is 22.5 Å². The molecule has 2 amide bonds. The van der Waals surface area contributed by atoms with Crippen molar-refractivity contribution < 1.29 is 14.3 Å². The Hall–Kier alpha value is -5.26. The van der Waals surface area contributed by atoms with E-state index in [1.54, 1.807) is 12.4 Å².